The quantitative estimate of drug-likeness (QED) is 0.856. The van der Waals surface area contributed by atoms with Crippen LogP contribution in [-0.4, -0.2) is 12.5 Å². The third-order valence-corrected chi connectivity index (χ3v) is 4.02. The maximum absolute atomic E-state index is 12.1. The van der Waals surface area contributed by atoms with Gasteiger partial charge in [0.1, 0.15) is 0 Å². The second-order valence-corrected chi connectivity index (χ2v) is 5.60. The largest absolute Gasteiger partial charge is 0.352 e. The van der Waals surface area contributed by atoms with E-state index in [0.29, 0.717) is 13.1 Å². The fourth-order valence-electron chi connectivity index (χ4n) is 2.20. The number of hydrogen-bond acceptors (Lipinski definition) is 2. The average Bonchev–Trinajstić information content (AvgIpc) is 2.35. The Morgan fingerprint density at radius 2 is 1.84 bits per heavy atom. The molecular formula is C16H26N2O. The highest BCUT2D eigenvalue weighted by atomic mass is 16.1. The lowest BCUT2D eigenvalue weighted by atomic mass is 9.94. The van der Waals surface area contributed by atoms with Crippen molar-refractivity contribution in [2.75, 3.05) is 6.54 Å². The Kier molecular flexibility index (Phi) is 5.55. The highest BCUT2D eigenvalue weighted by molar-refractivity contribution is 5.79. The van der Waals surface area contributed by atoms with Crippen LogP contribution in [0.25, 0.3) is 0 Å². The van der Waals surface area contributed by atoms with Gasteiger partial charge in [-0.15, -0.1) is 0 Å². The molecule has 1 amide bonds. The summed E-state index contributed by atoms with van der Waals surface area (Å²) in [6, 6.07) is 4.19. The van der Waals surface area contributed by atoms with Gasteiger partial charge in [-0.3, -0.25) is 4.79 Å². The summed E-state index contributed by atoms with van der Waals surface area (Å²) >= 11 is 0. The Labute approximate surface area is 116 Å². The van der Waals surface area contributed by atoms with Crippen molar-refractivity contribution in [2.45, 2.75) is 41.2 Å². The first-order valence-electron chi connectivity index (χ1n) is 6.92. The van der Waals surface area contributed by atoms with E-state index in [1.165, 1.54) is 22.3 Å². The van der Waals surface area contributed by atoms with Crippen LogP contribution in [0.1, 0.15) is 36.1 Å². The maximum atomic E-state index is 12.1. The molecule has 19 heavy (non-hydrogen) atoms. The Bertz CT molecular complexity index is 452. The monoisotopic (exact) mass is 262 g/mol. The van der Waals surface area contributed by atoms with Crippen LogP contribution in [-0.2, 0) is 11.3 Å². The fourth-order valence-corrected chi connectivity index (χ4v) is 2.20. The first-order valence-corrected chi connectivity index (χ1v) is 6.92. The molecule has 0 heterocycles. The SMILES string of the molecule is Cc1ccc(CNC(=O)C(CN)C(C)C)c(C)c1C. The Morgan fingerprint density at radius 1 is 1.21 bits per heavy atom. The number of nitrogens with one attached hydrogen (secondary N) is 1. The van der Waals surface area contributed by atoms with E-state index in [1.54, 1.807) is 0 Å². The minimum Gasteiger partial charge on any atom is -0.352 e. The molecular weight excluding hydrogens is 236 g/mol. The van der Waals surface area contributed by atoms with Crippen molar-refractivity contribution in [3.05, 3.63) is 34.4 Å². The summed E-state index contributed by atoms with van der Waals surface area (Å²) in [5.41, 5.74) is 10.7. The summed E-state index contributed by atoms with van der Waals surface area (Å²) < 4.78 is 0. The number of amides is 1. The molecule has 3 nitrogen and oxygen atoms in total. The van der Waals surface area contributed by atoms with Crippen molar-refractivity contribution < 1.29 is 4.79 Å². The van der Waals surface area contributed by atoms with Crippen LogP contribution in [0.2, 0.25) is 0 Å². The molecule has 0 fully saturated rings. The summed E-state index contributed by atoms with van der Waals surface area (Å²) in [7, 11) is 0. The van der Waals surface area contributed by atoms with Gasteiger partial charge in [-0.25, -0.2) is 0 Å². The number of hydrogen-bond donors (Lipinski definition) is 2. The molecule has 0 saturated heterocycles. The summed E-state index contributed by atoms with van der Waals surface area (Å²) in [5.74, 6) is 0.216. The molecule has 3 heteroatoms. The molecule has 0 bridgehead atoms. The molecule has 1 rings (SSSR count). The highest BCUT2D eigenvalue weighted by Gasteiger charge is 2.20. The van der Waals surface area contributed by atoms with Crippen molar-refractivity contribution in [1.29, 1.82) is 0 Å². The van der Waals surface area contributed by atoms with Gasteiger partial charge in [-0.05, 0) is 48.9 Å². The van der Waals surface area contributed by atoms with Gasteiger partial charge < -0.3 is 11.1 Å². The van der Waals surface area contributed by atoms with E-state index in [4.69, 9.17) is 5.73 Å². The number of benzene rings is 1. The predicted octanol–water partition coefficient (Wildman–Crippen LogP) is 2.46. The van der Waals surface area contributed by atoms with E-state index in [1.807, 2.05) is 13.8 Å². The van der Waals surface area contributed by atoms with Crippen LogP contribution in [0.3, 0.4) is 0 Å². The van der Waals surface area contributed by atoms with E-state index < -0.39 is 0 Å². The number of aryl methyl sites for hydroxylation is 1. The molecule has 0 saturated carbocycles. The first-order chi connectivity index (χ1) is 8.88. The number of carbonyl (C=O) groups is 1. The minimum atomic E-state index is -0.105. The molecule has 1 atom stereocenters. The molecule has 0 aliphatic carbocycles. The lowest BCUT2D eigenvalue weighted by Gasteiger charge is -2.19. The smallest absolute Gasteiger partial charge is 0.224 e. The second-order valence-electron chi connectivity index (χ2n) is 5.60. The molecule has 1 aromatic rings. The van der Waals surface area contributed by atoms with Crippen molar-refractivity contribution in [1.82, 2.24) is 5.32 Å². The molecule has 3 N–H and O–H groups in total. The van der Waals surface area contributed by atoms with Crippen LogP contribution >= 0.6 is 0 Å². The topological polar surface area (TPSA) is 55.1 Å². The van der Waals surface area contributed by atoms with E-state index in [2.05, 4.69) is 38.2 Å². The summed E-state index contributed by atoms with van der Waals surface area (Å²) in [6.45, 7) is 11.4. The van der Waals surface area contributed by atoms with E-state index in [9.17, 15) is 4.79 Å². The zero-order valence-corrected chi connectivity index (χ0v) is 12.7. The Balaban J connectivity index is 2.72. The molecule has 0 aliphatic heterocycles. The Morgan fingerprint density at radius 3 is 2.37 bits per heavy atom. The van der Waals surface area contributed by atoms with E-state index >= 15 is 0 Å². The van der Waals surface area contributed by atoms with E-state index in [-0.39, 0.29) is 17.7 Å². The highest BCUT2D eigenvalue weighted by Crippen LogP contribution is 2.17. The summed E-state index contributed by atoms with van der Waals surface area (Å²) in [5, 5.41) is 3.00. The van der Waals surface area contributed by atoms with Crippen LogP contribution in [0.15, 0.2) is 12.1 Å². The predicted molar refractivity (Wildman–Crippen MR) is 79.9 cm³/mol. The summed E-state index contributed by atoms with van der Waals surface area (Å²) in [6.07, 6.45) is 0. The number of nitrogens with two attached hydrogens (primary N) is 1. The van der Waals surface area contributed by atoms with Crippen molar-refractivity contribution in [3.63, 3.8) is 0 Å². The normalized spacial score (nSPS) is 12.6. The fraction of sp³-hybridized carbons (Fsp3) is 0.562. The standard InChI is InChI=1S/C16H26N2O/c1-10(2)15(8-17)16(19)18-9-14-7-6-11(3)12(4)13(14)5/h6-7,10,15H,8-9,17H2,1-5H3,(H,18,19). The van der Waals surface area contributed by atoms with Gasteiger partial charge >= 0.3 is 0 Å². The van der Waals surface area contributed by atoms with Gasteiger partial charge in [0.2, 0.25) is 5.91 Å². The third-order valence-electron chi connectivity index (χ3n) is 4.02. The molecule has 0 aromatic heterocycles. The van der Waals surface area contributed by atoms with Gasteiger partial charge in [0.05, 0.1) is 5.92 Å². The molecule has 0 radical (unpaired) electrons. The van der Waals surface area contributed by atoms with Crippen LogP contribution in [0.4, 0.5) is 0 Å². The van der Waals surface area contributed by atoms with Gasteiger partial charge in [0.15, 0.2) is 0 Å². The average molecular weight is 262 g/mol. The second kappa shape index (κ2) is 6.71. The minimum absolute atomic E-state index is 0.0510. The number of carbonyl (C=O) groups excluding carboxylic acids is 1. The molecule has 1 unspecified atom stereocenters. The van der Waals surface area contributed by atoms with Crippen molar-refractivity contribution >= 4 is 5.91 Å². The van der Waals surface area contributed by atoms with Crippen molar-refractivity contribution in [3.8, 4) is 0 Å². The molecule has 0 spiro atoms. The van der Waals surface area contributed by atoms with E-state index in [0.717, 1.165) is 0 Å². The van der Waals surface area contributed by atoms with Crippen LogP contribution in [0.5, 0.6) is 0 Å². The Hall–Kier alpha value is -1.35. The molecule has 106 valence electrons. The van der Waals surface area contributed by atoms with Crippen LogP contribution in [0, 0.1) is 32.6 Å². The van der Waals surface area contributed by atoms with Crippen LogP contribution < -0.4 is 11.1 Å². The molecule has 0 aliphatic rings. The maximum Gasteiger partial charge on any atom is 0.224 e. The lowest BCUT2D eigenvalue weighted by Crippen LogP contribution is -2.37. The van der Waals surface area contributed by atoms with Gasteiger partial charge in [0.25, 0.3) is 0 Å². The zero-order valence-electron chi connectivity index (χ0n) is 12.7. The van der Waals surface area contributed by atoms with Crippen molar-refractivity contribution in [2.24, 2.45) is 17.6 Å². The van der Waals surface area contributed by atoms with Gasteiger partial charge in [-0.1, -0.05) is 26.0 Å². The third kappa shape index (κ3) is 3.80. The zero-order chi connectivity index (χ0) is 14.6. The molecule has 1 aromatic carbocycles. The van der Waals surface area contributed by atoms with Gasteiger partial charge in [0, 0.05) is 13.1 Å². The number of rotatable bonds is 5. The first kappa shape index (κ1) is 15.7. The van der Waals surface area contributed by atoms with Gasteiger partial charge in [-0.2, -0.15) is 0 Å². The summed E-state index contributed by atoms with van der Waals surface area (Å²) in [4.78, 5) is 12.1. The lowest BCUT2D eigenvalue weighted by molar-refractivity contribution is -0.126.